The van der Waals surface area contributed by atoms with Gasteiger partial charge in [-0.05, 0) is 31.9 Å². The standard InChI is InChI=1S/C15H21N5O2S/c1-11(14(21)19-8-4-2-3-5-9-19)23-15-18-17-13(20(15)16)12-7-6-10-22-12/h6-7,10-11H,2-5,8-9,16H2,1H3/t11-/m1/s1. The highest BCUT2D eigenvalue weighted by atomic mass is 32.2. The summed E-state index contributed by atoms with van der Waals surface area (Å²) >= 11 is 1.33. The second kappa shape index (κ2) is 7.08. The molecule has 2 aromatic rings. The van der Waals surface area contributed by atoms with Crippen LogP contribution in [0.2, 0.25) is 0 Å². The van der Waals surface area contributed by atoms with Crippen LogP contribution >= 0.6 is 11.8 Å². The first-order valence-corrected chi connectivity index (χ1v) is 8.74. The third-order valence-electron chi connectivity index (χ3n) is 3.95. The number of nitrogen functional groups attached to an aromatic ring is 1. The van der Waals surface area contributed by atoms with Crippen molar-refractivity contribution in [2.75, 3.05) is 18.9 Å². The summed E-state index contributed by atoms with van der Waals surface area (Å²) in [4.78, 5) is 14.5. The number of furan rings is 1. The van der Waals surface area contributed by atoms with Gasteiger partial charge in [0.15, 0.2) is 5.76 Å². The average Bonchev–Trinajstić information content (AvgIpc) is 3.10. The van der Waals surface area contributed by atoms with Crippen LogP contribution in [0, 0.1) is 0 Å². The Kier molecular flexibility index (Phi) is 4.90. The van der Waals surface area contributed by atoms with Gasteiger partial charge in [-0.2, -0.15) is 0 Å². The molecule has 1 saturated heterocycles. The Balaban J connectivity index is 1.68. The summed E-state index contributed by atoms with van der Waals surface area (Å²) < 4.78 is 6.66. The van der Waals surface area contributed by atoms with Crippen LogP contribution < -0.4 is 5.84 Å². The second-order valence-corrected chi connectivity index (χ2v) is 6.96. The van der Waals surface area contributed by atoms with E-state index in [2.05, 4.69) is 10.2 Å². The lowest BCUT2D eigenvalue weighted by molar-refractivity contribution is -0.130. The largest absolute Gasteiger partial charge is 0.461 e. The topological polar surface area (TPSA) is 90.2 Å². The van der Waals surface area contributed by atoms with E-state index in [1.54, 1.807) is 18.4 Å². The lowest BCUT2D eigenvalue weighted by atomic mass is 10.2. The minimum Gasteiger partial charge on any atom is -0.461 e. The van der Waals surface area contributed by atoms with Gasteiger partial charge in [-0.3, -0.25) is 4.79 Å². The maximum absolute atomic E-state index is 12.6. The molecule has 1 amide bonds. The van der Waals surface area contributed by atoms with Gasteiger partial charge in [-0.1, -0.05) is 24.6 Å². The number of likely N-dealkylation sites (tertiary alicyclic amines) is 1. The molecular formula is C15H21N5O2S. The van der Waals surface area contributed by atoms with Crippen LogP contribution in [0.1, 0.15) is 32.6 Å². The van der Waals surface area contributed by atoms with Crippen molar-refractivity contribution in [1.29, 1.82) is 0 Å². The molecule has 0 spiro atoms. The van der Waals surface area contributed by atoms with Gasteiger partial charge in [0, 0.05) is 13.1 Å². The summed E-state index contributed by atoms with van der Waals surface area (Å²) in [6.45, 7) is 3.58. The maximum Gasteiger partial charge on any atom is 0.235 e. The van der Waals surface area contributed by atoms with Gasteiger partial charge in [0.2, 0.25) is 16.9 Å². The molecule has 7 nitrogen and oxygen atoms in total. The van der Waals surface area contributed by atoms with Crippen molar-refractivity contribution in [3.63, 3.8) is 0 Å². The lowest BCUT2D eigenvalue weighted by Gasteiger charge is -2.23. The normalized spacial score (nSPS) is 17.0. The first-order valence-electron chi connectivity index (χ1n) is 7.86. The van der Waals surface area contributed by atoms with Crippen molar-refractivity contribution in [3.05, 3.63) is 18.4 Å². The van der Waals surface area contributed by atoms with Crippen LogP contribution in [0.15, 0.2) is 28.0 Å². The van der Waals surface area contributed by atoms with E-state index in [0.29, 0.717) is 16.7 Å². The second-order valence-electron chi connectivity index (χ2n) is 5.65. The lowest BCUT2D eigenvalue weighted by Crippen LogP contribution is -2.37. The van der Waals surface area contributed by atoms with Gasteiger partial charge in [-0.25, -0.2) is 4.68 Å². The summed E-state index contributed by atoms with van der Waals surface area (Å²) in [7, 11) is 0. The van der Waals surface area contributed by atoms with E-state index in [1.165, 1.54) is 29.3 Å². The molecule has 1 atom stereocenters. The number of aromatic nitrogens is 3. The molecule has 2 N–H and O–H groups in total. The highest BCUT2D eigenvalue weighted by Gasteiger charge is 2.25. The van der Waals surface area contributed by atoms with Crippen molar-refractivity contribution in [2.45, 2.75) is 43.0 Å². The van der Waals surface area contributed by atoms with Crippen molar-refractivity contribution in [3.8, 4) is 11.6 Å². The van der Waals surface area contributed by atoms with Gasteiger partial charge < -0.3 is 15.2 Å². The predicted octanol–water partition coefficient (Wildman–Crippen LogP) is 2.14. The fourth-order valence-electron chi connectivity index (χ4n) is 2.69. The smallest absolute Gasteiger partial charge is 0.235 e. The summed E-state index contributed by atoms with van der Waals surface area (Å²) in [6, 6.07) is 3.54. The number of nitrogens with two attached hydrogens (primary N) is 1. The molecule has 124 valence electrons. The fraction of sp³-hybridized carbons (Fsp3) is 0.533. The van der Waals surface area contributed by atoms with E-state index in [0.717, 1.165) is 25.9 Å². The minimum absolute atomic E-state index is 0.138. The van der Waals surface area contributed by atoms with Gasteiger partial charge in [0.25, 0.3) is 0 Å². The number of thioether (sulfide) groups is 1. The Hall–Kier alpha value is -1.96. The van der Waals surface area contributed by atoms with Gasteiger partial charge >= 0.3 is 0 Å². The van der Waals surface area contributed by atoms with Crippen LogP contribution in [0.3, 0.4) is 0 Å². The van der Waals surface area contributed by atoms with Gasteiger partial charge in [0.1, 0.15) is 0 Å². The maximum atomic E-state index is 12.6. The summed E-state index contributed by atoms with van der Waals surface area (Å²) in [5.41, 5.74) is 0. The molecule has 0 aromatic carbocycles. The number of carbonyl (C=O) groups is 1. The molecule has 8 heteroatoms. The highest BCUT2D eigenvalue weighted by Crippen LogP contribution is 2.26. The fourth-order valence-corrected chi connectivity index (χ4v) is 3.54. The quantitative estimate of drug-likeness (QED) is 0.680. The Morgan fingerprint density at radius 1 is 1.30 bits per heavy atom. The highest BCUT2D eigenvalue weighted by molar-refractivity contribution is 8.00. The number of nitrogens with zero attached hydrogens (tertiary/aromatic N) is 4. The van der Waals surface area contributed by atoms with E-state index in [-0.39, 0.29) is 11.2 Å². The van der Waals surface area contributed by atoms with Crippen molar-refractivity contribution < 1.29 is 9.21 Å². The molecule has 2 aromatic heterocycles. The SMILES string of the molecule is C[C@@H](Sc1nnc(-c2ccco2)n1N)C(=O)N1CCCCCC1. The zero-order valence-corrected chi connectivity index (χ0v) is 14.0. The Bertz CT molecular complexity index is 647. The number of rotatable bonds is 4. The molecule has 0 aliphatic carbocycles. The molecule has 1 fully saturated rings. The van der Waals surface area contributed by atoms with Crippen molar-refractivity contribution in [2.24, 2.45) is 0 Å². The minimum atomic E-state index is -0.246. The average molecular weight is 335 g/mol. The van der Waals surface area contributed by atoms with Gasteiger partial charge in [0.05, 0.1) is 11.5 Å². The van der Waals surface area contributed by atoms with E-state index in [4.69, 9.17) is 10.3 Å². The van der Waals surface area contributed by atoms with E-state index in [1.807, 2.05) is 11.8 Å². The predicted molar refractivity (Wildman–Crippen MR) is 88.2 cm³/mol. The molecule has 0 bridgehead atoms. The molecule has 0 unspecified atom stereocenters. The third-order valence-corrected chi connectivity index (χ3v) is 5.00. The molecule has 0 saturated carbocycles. The first kappa shape index (κ1) is 15.9. The Morgan fingerprint density at radius 3 is 2.70 bits per heavy atom. The first-order chi connectivity index (χ1) is 11.2. The number of carbonyl (C=O) groups excluding carboxylic acids is 1. The molecule has 23 heavy (non-hydrogen) atoms. The summed E-state index contributed by atoms with van der Waals surface area (Å²) in [5, 5.41) is 8.38. The van der Waals surface area contributed by atoms with Crippen LogP contribution in [-0.2, 0) is 4.79 Å². The van der Waals surface area contributed by atoms with Crippen molar-refractivity contribution in [1.82, 2.24) is 19.8 Å². The number of hydrogen-bond acceptors (Lipinski definition) is 6. The number of amides is 1. The van der Waals surface area contributed by atoms with Crippen LogP contribution in [-0.4, -0.2) is 44.0 Å². The number of hydrogen-bond donors (Lipinski definition) is 1. The molecule has 1 aliphatic rings. The van der Waals surface area contributed by atoms with E-state index in [9.17, 15) is 4.79 Å². The summed E-state index contributed by atoms with van der Waals surface area (Å²) in [5.74, 6) is 7.18. The molecule has 3 rings (SSSR count). The van der Waals surface area contributed by atoms with Crippen LogP contribution in [0.4, 0.5) is 0 Å². The van der Waals surface area contributed by atoms with E-state index >= 15 is 0 Å². The van der Waals surface area contributed by atoms with E-state index < -0.39 is 0 Å². The molecule has 0 radical (unpaired) electrons. The molecular weight excluding hydrogens is 314 g/mol. The third kappa shape index (κ3) is 3.52. The Labute approximate surface area is 139 Å². The van der Waals surface area contributed by atoms with Crippen molar-refractivity contribution >= 4 is 17.7 Å². The van der Waals surface area contributed by atoms with Gasteiger partial charge in [-0.15, -0.1) is 10.2 Å². The van der Waals surface area contributed by atoms with Crippen LogP contribution in [0.5, 0.6) is 0 Å². The zero-order chi connectivity index (χ0) is 16.2. The Morgan fingerprint density at radius 2 is 2.04 bits per heavy atom. The molecule has 3 heterocycles. The van der Waals surface area contributed by atoms with Crippen LogP contribution in [0.25, 0.3) is 11.6 Å². The summed E-state index contributed by atoms with van der Waals surface area (Å²) in [6.07, 6.45) is 6.13. The zero-order valence-electron chi connectivity index (χ0n) is 13.1. The monoisotopic (exact) mass is 335 g/mol. The molecule has 1 aliphatic heterocycles.